The molecule has 0 radical (unpaired) electrons. The van der Waals surface area contributed by atoms with Crippen LogP contribution < -0.4 is 10.6 Å². The van der Waals surface area contributed by atoms with Crippen molar-refractivity contribution >= 4 is 34.1 Å². The summed E-state index contributed by atoms with van der Waals surface area (Å²) in [6.45, 7) is 3.73. The van der Waals surface area contributed by atoms with Crippen molar-refractivity contribution in [2.75, 3.05) is 5.32 Å². The van der Waals surface area contributed by atoms with Crippen LogP contribution in [0.3, 0.4) is 0 Å². The normalized spacial score (nSPS) is 21.2. The first-order valence-electron chi connectivity index (χ1n) is 10.9. The average molecular weight is 445 g/mol. The van der Waals surface area contributed by atoms with Gasteiger partial charge in [0.05, 0.1) is 11.8 Å². The van der Waals surface area contributed by atoms with Crippen LogP contribution in [0.25, 0.3) is 0 Å². The first-order chi connectivity index (χ1) is 14.9. The highest BCUT2D eigenvalue weighted by Crippen LogP contribution is 2.40. The molecule has 3 unspecified atom stereocenters. The van der Waals surface area contributed by atoms with Crippen LogP contribution in [0.15, 0.2) is 22.8 Å². The molecule has 2 aromatic rings. The Balaban J connectivity index is 1.46. The summed E-state index contributed by atoms with van der Waals surface area (Å²) in [5.74, 6) is -0.684. The zero-order chi connectivity index (χ0) is 22.0. The van der Waals surface area contributed by atoms with E-state index >= 15 is 0 Å². The minimum Gasteiger partial charge on any atom is -0.459 e. The van der Waals surface area contributed by atoms with Crippen molar-refractivity contribution in [3.05, 3.63) is 40.2 Å². The van der Waals surface area contributed by atoms with Gasteiger partial charge in [0.25, 0.3) is 11.8 Å². The van der Waals surface area contributed by atoms with Gasteiger partial charge in [0, 0.05) is 10.9 Å². The summed E-state index contributed by atoms with van der Waals surface area (Å²) in [5, 5.41) is 6.27. The second kappa shape index (κ2) is 9.26. The standard InChI is InChI=1S/C23H28N2O5S/c1-13-7-3-4-9-16(13)24-20(26)14(2)30-23(28)19-15-8-5-11-18(15)31-22(19)25-21(27)17-10-6-12-29-17/h6,10,12-14,16H,3-5,7-9,11H2,1-2H3,(H,24,26)(H,25,27). The number of carbonyl (C=O) groups excluding carboxylic acids is 3. The molecule has 2 aromatic heterocycles. The summed E-state index contributed by atoms with van der Waals surface area (Å²) in [4.78, 5) is 39.2. The van der Waals surface area contributed by atoms with Crippen LogP contribution in [0.1, 0.15) is 77.3 Å². The number of furan rings is 1. The van der Waals surface area contributed by atoms with Crippen LogP contribution in [0.5, 0.6) is 0 Å². The van der Waals surface area contributed by atoms with E-state index in [1.54, 1.807) is 19.1 Å². The Bertz CT molecular complexity index is 965. The number of carbonyl (C=O) groups is 3. The number of hydrogen-bond acceptors (Lipinski definition) is 6. The Morgan fingerprint density at radius 3 is 2.74 bits per heavy atom. The van der Waals surface area contributed by atoms with Crippen LogP contribution in [-0.4, -0.2) is 29.9 Å². The predicted molar refractivity (Wildman–Crippen MR) is 117 cm³/mol. The number of aryl methyl sites for hydroxylation is 1. The van der Waals surface area contributed by atoms with E-state index in [9.17, 15) is 14.4 Å². The lowest BCUT2D eigenvalue weighted by atomic mass is 9.86. The number of amides is 2. The second-order valence-corrected chi connectivity index (χ2v) is 9.52. The summed E-state index contributed by atoms with van der Waals surface area (Å²) in [6, 6.07) is 3.31. The molecule has 8 heteroatoms. The number of thiophene rings is 1. The van der Waals surface area contributed by atoms with Crippen molar-refractivity contribution in [2.45, 2.75) is 70.9 Å². The highest BCUT2D eigenvalue weighted by molar-refractivity contribution is 7.17. The third kappa shape index (κ3) is 4.69. The molecule has 0 spiro atoms. The summed E-state index contributed by atoms with van der Waals surface area (Å²) in [6.07, 6.45) is 7.44. The molecule has 2 heterocycles. The Hall–Kier alpha value is -2.61. The number of hydrogen-bond donors (Lipinski definition) is 2. The summed E-state index contributed by atoms with van der Waals surface area (Å²) in [7, 11) is 0. The van der Waals surface area contributed by atoms with Gasteiger partial charge in [0.2, 0.25) is 0 Å². The second-order valence-electron chi connectivity index (χ2n) is 8.42. The van der Waals surface area contributed by atoms with E-state index in [0.29, 0.717) is 16.5 Å². The molecule has 0 aliphatic heterocycles. The molecule has 2 aliphatic rings. The number of anilines is 1. The monoisotopic (exact) mass is 444 g/mol. The third-order valence-electron chi connectivity index (χ3n) is 6.19. The van der Waals surface area contributed by atoms with Gasteiger partial charge in [0.1, 0.15) is 5.00 Å². The van der Waals surface area contributed by atoms with E-state index in [4.69, 9.17) is 9.15 Å². The highest BCUT2D eigenvalue weighted by Gasteiger charge is 2.32. The molecule has 0 saturated heterocycles. The lowest BCUT2D eigenvalue weighted by molar-refractivity contribution is -0.130. The fraction of sp³-hybridized carbons (Fsp3) is 0.522. The van der Waals surface area contributed by atoms with Gasteiger partial charge in [-0.1, -0.05) is 19.8 Å². The number of fused-ring (bicyclic) bond motifs is 1. The van der Waals surface area contributed by atoms with E-state index < -0.39 is 18.0 Å². The van der Waals surface area contributed by atoms with Crippen LogP contribution >= 0.6 is 11.3 Å². The summed E-state index contributed by atoms with van der Waals surface area (Å²) >= 11 is 1.39. The minimum atomic E-state index is -0.910. The summed E-state index contributed by atoms with van der Waals surface area (Å²) in [5.41, 5.74) is 1.28. The molecule has 31 heavy (non-hydrogen) atoms. The Morgan fingerprint density at radius 1 is 1.19 bits per heavy atom. The first-order valence-corrected chi connectivity index (χ1v) is 11.8. The zero-order valence-electron chi connectivity index (χ0n) is 17.9. The smallest absolute Gasteiger partial charge is 0.342 e. The Morgan fingerprint density at radius 2 is 2.00 bits per heavy atom. The lowest BCUT2D eigenvalue weighted by Crippen LogP contribution is -2.46. The van der Waals surface area contributed by atoms with Crippen LogP contribution in [0.4, 0.5) is 5.00 Å². The molecule has 3 atom stereocenters. The van der Waals surface area contributed by atoms with Crippen LogP contribution in [0.2, 0.25) is 0 Å². The molecule has 0 bridgehead atoms. The quantitative estimate of drug-likeness (QED) is 0.647. The number of rotatable bonds is 6. The van der Waals surface area contributed by atoms with Crippen molar-refractivity contribution in [1.29, 1.82) is 0 Å². The van der Waals surface area contributed by atoms with Crippen molar-refractivity contribution in [3.8, 4) is 0 Å². The number of esters is 1. The lowest BCUT2D eigenvalue weighted by Gasteiger charge is -2.30. The van der Waals surface area contributed by atoms with E-state index in [0.717, 1.165) is 49.0 Å². The van der Waals surface area contributed by atoms with Gasteiger partial charge in [-0.3, -0.25) is 9.59 Å². The van der Waals surface area contributed by atoms with E-state index in [2.05, 4.69) is 17.6 Å². The number of nitrogens with one attached hydrogen (secondary N) is 2. The molecular formula is C23H28N2O5S. The SMILES string of the molecule is CC(OC(=O)c1c(NC(=O)c2ccco2)sc2c1CCC2)C(=O)NC1CCCCC1C. The van der Waals surface area contributed by atoms with E-state index in [-0.39, 0.29) is 17.7 Å². The minimum absolute atomic E-state index is 0.121. The summed E-state index contributed by atoms with van der Waals surface area (Å²) < 4.78 is 10.7. The van der Waals surface area contributed by atoms with Gasteiger partial charge in [-0.25, -0.2) is 4.79 Å². The van der Waals surface area contributed by atoms with Crippen molar-refractivity contribution < 1.29 is 23.5 Å². The Labute approximate surface area is 185 Å². The molecule has 1 saturated carbocycles. The first kappa shape index (κ1) is 21.6. The fourth-order valence-corrected chi connectivity index (χ4v) is 5.66. The van der Waals surface area contributed by atoms with Gasteiger partial charge in [0.15, 0.2) is 11.9 Å². The van der Waals surface area contributed by atoms with Gasteiger partial charge in [-0.15, -0.1) is 11.3 Å². The molecule has 0 aromatic carbocycles. The van der Waals surface area contributed by atoms with Gasteiger partial charge < -0.3 is 19.8 Å². The maximum atomic E-state index is 13.1. The van der Waals surface area contributed by atoms with Crippen molar-refractivity contribution in [1.82, 2.24) is 5.32 Å². The fourth-order valence-electron chi connectivity index (χ4n) is 4.38. The molecule has 2 aliphatic carbocycles. The zero-order valence-corrected chi connectivity index (χ0v) is 18.7. The van der Waals surface area contributed by atoms with Crippen LogP contribution in [0, 0.1) is 5.92 Å². The number of ether oxygens (including phenoxy) is 1. The Kier molecular flexibility index (Phi) is 6.46. The van der Waals surface area contributed by atoms with Gasteiger partial charge in [-0.05, 0) is 62.6 Å². The molecule has 166 valence electrons. The van der Waals surface area contributed by atoms with Gasteiger partial charge in [-0.2, -0.15) is 0 Å². The molecule has 7 nitrogen and oxygen atoms in total. The maximum absolute atomic E-state index is 13.1. The van der Waals surface area contributed by atoms with Gasteiger partial charge >= 0.3 is 5.97 Å². The van der Waals surface area contributed by atoms with Crippen molar-refractivity contribution in [2.24, 2.45) is 5.92 Å². The van der Waals surface area contributed by atoms with E-state index in [1.165, 1.54) is 24.0 Å². The molecule has 2 N–H and O–H groups in total. The van der Waals surface area contributed by atoms with E-state index in [1.807, 2.05) is 0 Å². The molecule has 1 fully saturated rings. The maximum Gasteiger partial charge on any atom is 0.342 e. The molecule has 4 rings (SSSR count). The molecule has 2 amide bonds. The van der Waals surface area contributed by atoms with Crippen LogP contribution in [-0.2, 0) is 22.4 Å². The topological polar surface area (TPSA) is 97.6 Å². The highest BCUT2D eigenvalue weighted by atomic mass is 32.1. The average Bonchev–Trinajstić information content (AvgIpc) is 3.46. The molecular weight excluding hydrogens is 416 g/mol. The largest absolute Gasteiger partial charge is 0.459 e. The van der Waals surface area contributed by atoms with Crippen molar-refractivity contribution in [3.63, 3.8) is 0 Å². The third-order valence-corrected chi connectivity index (χ3v) is 7.40. The predicted octanol–water partition coefficient (Wildman–Crippen LogP) is 4.32.